The monoisotopic (exact) mass is 267 g/mol. The van der Waals surface area contributed by atoms with Crippen LogP contribution in [0, 0.1) is 5.92 Å². The maximum Gasteiger partial charge on any atom is 0.225 e. The molecule has 3 atom stereocenters. The highest BCUT2D eigenvalue weighted by Gasteiger charge is 2.34. The third-order valence-corrected chi connectivity index (χ3v) is 3.73. The Labute approximate surface area is 112 Å². The molecule has 106 valence electrons. The number of rotatable bonds is 4. The van der Waals surface area contributed by atoms with Crippen molar-refractivity contribution in [3.8, 4) is 0 Å². The van der Waals surface area contributed by atoms with Crippen molar-refractivity contribution in [2.24, 2.45) is 5.92 Å². The van der Waals surface area contributed by atoms with Gasteiger partial charge in [-0.2, -0.15) is 0 Å². The number of hydrogen-bond donors (Lipinski definition) is 2. The van der Waals surface area contributed by atoms with Crippen molar-refractivity contribution in [2.75, 3.05) is 14.2 Å². The van der Waals surface area contributed by atoms with Gasteiger partial charge in [-0.1, -0.05) is 0 Å². The molecular formula is C13H21N3O3. The highest BCUT2D eigenvalue weighted by Crippen LogP contribution is 2.28. The highest BCUT2D eigenvalue weighted by atomic mass is 16.5. The van der Waals surface area contributed by atoms with Crippen LogP contribution in [-0.2, 0) is 16.1 Å². The van der Waals surface area contributed by atoms with E-state index < -0.39 is 6.10 Å². The summed E-state index contributed by atoms with van der Waals surface area (Å²) in [5, 5.41) is 9.75. The van der Waals surface area contributed by atoms with Gasteiger partial charge in [0.2, 0.25) is 5.91 Å². The lowest BCUT2D eigenvalue weighted by molar-refractivity contribution is -0.140. The third kappa shape index (κ3) is 3.33. The van der Waals surface area contributed by atoms with Gasteiger partial charge in [0.1, 0.15) is 5.82 Å². The predicted molar refractivity (Wildman–Crippen MR) is 69.2 cm³/mol. The fraction of sp³-hybridized carbons (Fsp3) is 0.692. The number of carbonyl (C=O) groups excluding carboxylic acids is 1. The number of ether oxygens (including phenoxy) is 1. The summed E-state index contributed by atoms with van der Waals surface area (Å²) in [4.78, 5) is 21.1. The molecule has 1 amide bonds. The summed E-state index contributed by atoms with van der Waals surface area (Å²) >= 11 is 0. The second-order valence-corrected chi connectivity index (χ2v) is 5.08. The molecule has 0 unspecified atom stereocenters. The molecule has 1 aliphatic rings. The van der Waals surface area contributed by atoms with Crippen LogP contribution >= 0.6 is 0 Å². The topological polar surface area (TPSA) is 78.5 Å². The summed E-state index contributed by atoms with van der Waals surface area (Å²) in [6.07, 6.45) is 4.63. The predicted octanol–water partition coefficient (Wildman–Crippen LogP) is 0.544. The lowest BCUT2D eigenvalue weighted by Crippen LogP contribution is -2.42. The lowest BCUT2D eigenvalue weighted by atomic mass is 9.84. The van der Waals surface area contributed by atoms with E-state index in [4.69, 9.17) is 4.74 Å². The van der Waals surface area contributed by atoms with Gasteiger partial charge in [0, 0.05) is 32.5 Å². The zero-order valence-electron chi connectivity index (χ0n) is 11.4. The third-order valence-electron chi connectivity index (χ3n) is 3.73. The van der Waals surface area contributed by atoms with Crippen molar-refractivity contribution in [2.45, 2.75) is 38.0 Å². The molecule has 0 bridgehead atoms. The van der Waals surface area contributed by atoms with Gasteiger partial charge in [-0.05, 0) is 19.3 Å². The van der Waals surface area contributed by atoms with E-state index in [9.17, 15) is 9.90 Å². The maximum absolute atomic E-state index is 12.3. The van der Waals surface area contributed by atoms with E-state index in [1.807, 2.05) is 0 Å². The van der Waals surface area contributed by atoms with Crippen LogP contribution in [0.25, 0.3) is 0 Å². The van der Waals surface area contributed by atoms with Gasteiger partial charge >= 0.3 is 0 Å². The van der Waals surface area contributed by atoms with Gasteiger partial charge in [-0.25, -0.2) is 4.98 Å². The van der Waals surface area contributed by atoms with Crippen LogP contribution in [0.2, 0.25) is 0 Å². The fourth-order valence-corrected chi connectivity index (χ4v) is 2.59. The normalized spacial score (nSPS) is 27.2. The number of nitrogens with zero attached hydrogens (tertiary/aromatic N) is 2. The Morgan fingerprint density at radius 2 is 2.42 bits per heavy atom. The van der Waals surface area contributed by atoms with Crippen LogP contribution in [0.5, 0.6) is 0 Å². The molecule has 0 aromatic carbocycles. The molecule has 1 heterocycles. The van der Waals surface area contributed by atoms with E-state index in [-0.39, 0.29) is 17.9 Å². The molecule has 1 aromatic heterocycles. The van der Waals surface area contributed by atoms with Crippen molar-refractivity contribution in [3.05, 3.63) is 18.2 Å². The zero-order valence-corrected chi connectivity index (χ0v) is 11.4. The molecule has 1 saturated carbocycles. The van der Waals surface area contributed by atoms with E-state index in [2.05, 4.69) is 9.97 Å². The minimum Gasteiger partial charge on any atom is -0.390 e. The summed E-state index contributed by atoms with van der Waals surface area (Å²) in [7, 11) is 3.35. The van der Waals surface area contributed by atoms with Crippen molar-refractivity contribution < 1.29 is 14.6 Å². The number of aromatic nitrogens is 2. The molecule has 6 nitrogen and oxygen atoms in total. The molecular weight excluding hydrogens is 246 g/mol. The van der Waals surface area contributed by atoms with Gasteiger partial charge in [-0.3, -0.25) is 4.79 Å². The first-order valence-electron chi connectivity index (χ1n) is 6.56. The summed E-state index contributed by atoms with van der Waals surface area (Å²) < 4.78 is 5.23. The molecule has 2 rings (SSSR count). The Bertz CT molecular complexity index is 407. The number of amides is 1. The van der Waals surface area contributed by atoms with Gasteiger partial charge in [-0.15, -0.1) is 0 Å². The Balaban J connectivity index is 1.92. The SMILES string of the molecule is CO[C@@H]1C[C@H](C(=O)N(C)Cc2ncc[nH]2)CC[C@@H]1O. The molecule has 0 aliphatic heterocycles. The van der Waals surface area contributed by atoms with E-state index in [0.717, 1.165) is 5.82 Å². The first-order chi connectivity index (χ1) is 9.11. The van der Waals surface area contributed by atoms with Crippen molar-refractivity contribution in [3.63, 3.8) is 0 Å². The van der Waals surface area contributed by atoms with Gasteiger partial charge in [0.15, 0.2) is 0 Å². The van der Waals surface area contributed by atoms with Crippen LogP contribution in [0.3, 0.4) is 0 Å². The highest BCUT2D eigenvalue weighted by molar-refractivity contribution is 5.78. The van der Waals surface area contributed by atoms with Crippen molar-refractivity contribution in [1.29, 1.82) is 0 Å². The Hall–Kier alpha value is -1.40. The number of methoxy groups -OCH3 is 1. The number of imidazole rings is 1. The quantitative estimate of drug-likeness (QED) is 0.835. The van der Waals surface area contributed by atoms with E-state index in [0.29, 0.717) is 25.8 Å². The minimum atomic E-state index is -0.454. The van der Waals surface area contributed by atoms with E-state index in [1.54, 1.807) is 31.5 Å². The first-order valence-corrected chi connectivity index (χ1v) is 6.56. The van der Waals surface area contributed by atoms with Crippen LogP contribution in [0.15, 0.2) is 12.4 Å². The summed E-state index contributed by atoms with van der Waals surface area (Å²) in [5.74, 6) is 0.786. The molecule has 1 aliphatic carbocycles. The summed E-state index contributed by atoms with van der Waals surface area (Å²) in [5.41, 5.74) is 0. The number of hydrogen-bond acceptors (Lipinski definition) is 4. The largest absolute Gasteiger partial charge is 0.390 e. The van der Waals surface area contributed by atoms with Crippen LogP contribution in [-0.4, -0.2) is 52.2 Å². The van der Waals surface area contributed by atoms with Gasteiger partial charge < -0.3 is 19.7 Å². The maximum atomic E-state index is 12.3. The second kappa shape index (κ2) is 6.16. The number of aromatic amines is 1. The van der Waals surface area contributed by atoms with Crippen LogP contribution in [0.1, 0.15) is 25.1 Å². The zero-order chi connectivity index (χ0) is 13.8. The molecule has 0 spiro atoms. The number of aliphatic hydroxyl groups is 1. The summed E-state index contributed by atoms with van der Waals surface area (Å²) in [6, 6.07) is 0. The minimum absolute atomic E-state index is 0.0756. The average Bonchev–Trinajstić information content (AvgIpc) is 2.91. The Kier molecular flexibility index (Phi) is 4.55. The number of nitrogens with one attached hydrogen (secondary N) is 1. The van der Waals surface area contributed by atoms with Crippen molar-refractivity contribution >= 4 is 5.91 Å². The molecule has 2 N–H and O–H groups in total. The molecule has 1 aromatic rings. The van der Waals surface area contributed by atoms with E-state index in [1.165, 1.54) is 0 Å². The van der Waals surface area contributed by atoms with Crippen molar-refractivity contribution in [1.82, 2.24) is 14.9 Å². The molecule has 0 radical (unpaired) electrons. The van der Waals surface area contributed by atoms with Gasteiger partial charge in [0.25, 0.3) is 0 Å². The number of aliphatic hydroxyl groups excluding tert-OH is 1. The average molecular weight is 267 g/mol. The molecule has 0 saturated heterocycles. The Morgan fingerprint density at radius 1 is 1.63 bits per heavy atom. The number of carbonyl (C=O) groups is 1. The van der Waals surface area contributed by atoms with Crippen LogP contribution in [0.4, 0.5) is 0 Å². The molecule has 6 heteroatoms. The Morgan fingerprint density at radius 3 is 3.05 bits per heavy atom. The fourth-order valence-electron chi connectivity index (χ4n) is 2.59. The molecule has 1 fully saturated rings. The first kappa shape index (κ1) is 14.0. The van der Waals surface area contributed by atoms with E-state index >= 15 is 0 Å². The van der Waals surface area contributed by atoms with Gasteiger partial charge in [0.05, 0.1) is 18.8 Å². The van der Waals surface area contributed by atoms with Crippen LogP contribution < -0.4 is 0 Å². The number of H-pyrrole nitrogens is 1. The standard InChI is InChI=1S/C13H21N3O3/c1-16(8-12-14-5-6-15-12)13(18)9-3-4-10(17)11(7-9)19-2/h5-6,9-11,17H,3-4,7-8H2,1-2H3,(H,14,15)/t9-,10+,11-/m1/s1. The lowest BCUT2D eigenvalue weighted by Gasteiger charge is -2.33. The molecule has 19 heavy (non-hydrogen) atoms. The second-order valence-electron chi connectivity index (χ2n) is 5.08. The summed E-state index contributed by atoms with van der Waals surface area (Å²) in [6.45, 7) is 0.475. The smallest absolute Gasteiger partial charge is 0.225 e.